The molecule has 6 amide bonds. The van der Waals surface area contributed by atoms with E-state index in [9.17, 15) is 28.8 Å². The van der Waals surface area contributed by atoms with Crippen molar-refractivity contribution in [2.75, 3.05) is 0 Å². The number of carbonyl (C=O) groups excluding carboxylic acids is 6. The topological polar surface area (TPSA) is 278 Å². The van der Waals surface area contributed by atoms with Gasteiger partial charge in [-0.15, -0.1) is 70.7 Å². The zero-order valence-electron chi connectivity index (χ0n) is 77.9. The van der Waals surface area contributed by atoms with Crippen molar-refractivity contribution in [2.24, 2.45) is 35.5 Å². The maximum atomic E-state index is 13.0. The molecule has 20 nitrogen and oxygen atoms in total. The lowest BCUT2D eigenvalue weighted by Gasteiger charge is -2.38. The molecule has 14 rings (SSSR count). The highest BCUT2D eigenvalue weighted by atomic mass is 28.3. The number of nitrogens with zero attached hydrogens (tertiary/aromatic N) is 8. The average Bonchev–Trinajstić information content (AvgIpc) is 0.799. The van der Waals surface area contributed by atoms with Gasteiger partial charge in [0.15, 0.2) is 0 Å². The maximum Gasteiger partial charge on any atom is 0.271 e. The van der Waals surface area contributed by atoms with Crippen molar-refractivity contribution in [3.63, 3.8) is 0 Å². The van der Waals surface area contributed by atoms with Crippen molar-refractivity contribution in [1.82, 2.24) is 71.8 Å². The van der Waals surface area contributed by atoms with Crippen LogP contribution in [0.15, 0.2) is 140 Å². The lowest BCUT2D eigenvalue weighted by Crippen LogP contribution is -2.43. The second-order valence-corrected chi connectivity index (χ2v) is 41.2. The molecule has 8 aromatic rings. The summed E-state index contributed by atoms with van der Waals surface area (Å²) in [6.07, 6.45) is 36.5. The largest absolute Gasteiger partial charge is 0.348 e. The molecule has 0 radical (unpaired) electrons. The van der Waals surface area contributed by atoms with Crippen molar-refractivity contribution in [2.45, 2.75) is 304 Å². The van der Waals surface area contributed by atoms with Gasteiger partial charge in [-0.2, -0.15) is 0 Å². The number of para-hydroxylation sites is 1. The van der Waals surface area contributed by atoms with Gasteiger partial charge in [-0.1, -0.05) is 141 Å². The van der Waals surface area contributed by atoms with Gasteiger partial charge >= 0.3 is 0 Å². The van der Waals surface area contributed by atoms with E-state index in [1.165, 1.54) is 18.6 Å². The Kier molecular flexibility index (Phi) is 40.9. The van der Waals surface area contributed by atoms with Crippen molar-refractivity contribution in [3.8, 4) is 70.7 Å². The van der Waals surface area contributed by atoms with Crippen LogP contribution in [0.5, 0.6) is 0 Å². The lowest BCUT2D eigenvalue weighted by molar-refractivity contribution is 0.0909. The molecule has 6 aromatic heterocycles. The van der Waals surface area contributed by atoms with E-state index in [-0.39, 0.29) is 71.7 Å². The van der Waals surface area contributed by atoms with Crippen molar-refractivity contribution < 1.29 is 28.8 Å². The molecule has 6 N–H and O–H groups in total. The normalized spacial score (nSPS) is 21.4. The monoisotopic (exact) mass is 1740 g/mol. The summed E-state index contributed by atoms with van der Waals surface area (Å²) in [6.45, 7) is 29.2. The molecule has 0 saturated heterocycles. The highest BCUT2D eigenvalue weighted by Crippen LogP contribution is 2.41. The minimum atomic E-state index is -1.71. The van der Waals surface area contributed by atoms with E-state index in [1.54, 1.807) is 36.9 Å². The highest BCUT2D eigenvalue weighted by molar-refractivity contribution is 6.90. The quantitative estimate of drug-likeness (QED) is 0.0411. The number of fused-ring (bicyclic) bond motifs is 2. The summed E-state index contributed by atoms with van der Waals surface area (Å²) < 4.78 is 0. The molecule has 6 fully saturated rings. The molecule has 21 heteroatoms. The van der Waals surface area contributed by atoms with E-state index in [1.807, 2.05) is 140 Å². The van der Waals surface area contributed by atoms with Crippen molar-refractivity contribution in [1.29, 1.82) is 0 Å². The summed E-state index contributed by atoms with van der Waals surface area (Å²) in [5, 5.41) is 21.6. The fourth-order valence-electron chi connectivity index (χ4n) is 18.7. The first kappa shape index (κ1) is 99.9. The number of hydrogen-bond donors (Lipinski definition) is 6. The van der Waals surface area contributed by atoms with Gasteiger partial charge in [-0.25, -0.2) is 19.9 Å². The number of rotatable bonds is 15. The number of aromatic nitrogens is 8. The molecular formula is C107H134N14O6Si. The van der Waals surface area contributed by atoms with Gasteiger partial charge in [0.05, 0.1) is 23.6 Å². The van der Waals surface area contributed by atoms with Crippen LogP contribution in [0.4, 0.5) is 0 Å². The van der Waals surface area contributed by atoms with Crippen LogP contribution in [0.3, 0.4) is 0 Å². The molecule has 6 aliphatic carbocycles. The van der Waals surface area contributed by atoms with Crippen LogP contribution in [0.25, 0.3) is 21.7 Å². The van der Waals surface area contributed by atoms with Crippen molar-refractivity contribution >= 4 is 65.2 Å². The highest BCUT2D eigenvalue weighted by Gasteiger charge is 2.42. The number of nitrogens with one attached hydrogen (secondary N) is 6. The molecular weight excluding hydrogens is 1610 g/mol. The maximum absolute atomic E-state index is 13.0. The summed E-state index contributed by atoms with van der Waals surface area (Å²) in [4.78, 5) is 107. The molecule has 128 heavy (non-hydrogen) atoms. The van der Waals surface area contributed by atoms with Crippen LogP contribution >= 0.6 is 0 Å². The van der Waals surface area contributed by atoms with E-state index in [2.05, 4.69) is 184 Å². The lowest BCUT2D eigenvalue weighted by atomic mass is 9.86. The number of amides is 6. The first-order valence-electron chi connectivity index (χ1n) is 46.5. The molecule has 0 aliphatic heterocycles. The fraction of sp³-hybridized carbons (Fsp3) is 0.495. The Morgan fingerprint density at radius 1 is 0.328 bits per heavy atom. The smallest absolute Gasteiger partial charge is 0.271 e. The van der Waals surface area contributed by atoms with E-state index < -0.39 is 8.07 Å². The first-order chi connectivity index (χ1) is 61.9. The Morgan fingerprint density at radius 3 is 1.16 bits per heavy atom. The Hall–Kier alpha value is -11.9. The molecule has 2 aromatic carbocycles. The van der Waals surface area contributed by atoms with Crippen LogP contribution in [0.1, 0.15) is 310 Å². The van der Waals surface area contributed by atoms with Crippen LogP contribution in [-0.4, -0.2) is 120 Å². The van der Waals surface area contributed by atoms with Crippen LogP contribution in [0.2, 0.25) is 16.6 Å². The molecule has 672 valence electrons. The first-order valence-corrected chi connectivity index (χ1v) is 48.7. The number of benzene rings is 2. The number of hydrogen-bond acceptors (Lipinski definition) is 14. The van der Waals surface area contributed by atoms with Gasteiger partial charge in [0.25, 0.3) is 35.4 Å². The van der Waals surface area contributed by atoms with Crippen LogP contribution in [0, 0.1) is 127 Å². The van der Waals surface area contributed by atoms with E-state index in [0.717, 1.165) is 193 Å². The van der Waals surface area contributed by atoms with Gasteiger partial charge in [-0.05, 0) is 235 Å². The third kappa shape index (κ3) is 31.6. The van der Waals surface area contributed by atoms with E-state index >= 15 is 0 Å². The fourth-order valence-corrected chi connectivity index (χ4v) is 24.1. The Morgan fingerprint density at radius 2 is 0.734 bits per heavy atom. The van der Waals surface area contributed by atoms with Crippen LogP contribution < -0.4 is 31.9 Å². The Bertz CT molecular complexity index is 5370. The predicted molar refractivity (Wildman–Crippen MR) is 516 cm³/mol. The molecule has 0 bridgehead atoms. The molecule has 12 atom stereocenters. The summed E-state index contributed by atoms with van der Waals surface area (Å²) in [5.74, 6) is 36.6. The second kappa shape index (κ2) is 52.4. The molecule has 12 unspecified atom stereocenters. The van der Waals surface area contributed by atoms with Gasteiger partial charge < -0.3 is 31.9 Å². The average molecular weight is 1740 g/mol. The third-order valence-corrected chi connectivity index (χ3v) is 31.3. The number of carbonyl (C=O) groups is 6. The zero-order valence-corrected chi connectivity index (χ0v) is 78.9. The van der Waals surface area contributed by atoms with E-state index in [4.69, 9.17) is 0 Å². The Balaban J connectivity index is 0.000000175. The second-order valence-electron chi connectivity index (χ2n) is 35.6. The van der Waals surface area contributed by atoms with Crippen molar-refractivity contribution in [3.05, 3.63) is 192 Å². The Labute approximate surface area is 762 Å². The number of pyridine rings is 4. The minimum Gasteiger partial charge on any atom is -0.348 e. The van der Waals surface area contributed by atoms with Gasteiger partial charge in [-0.3, -0.25) is 48.7 Å². The SMILES string of the molecule is CC#CC1CCCC(NC(=O)c2ccc3ccccc3n2)C1.CC#CC1CCCC(NC(=O)c2cccc(C)n2)C1.CC#CC1CCCC(NC(=O)c2cnc(C)cn2)C1.CC#CC1CCCC(NC(=O)c2cnccn2)C1.CC#CC1CCCC(NC(=O)c2ncccc2C)C1.CC(C)[Si](C#CC1CCCC(NC(=O)c2nccc3ccccc23)C1)(C(C)C)C(C)C. The number of aryl methyl sites for hydroxylation is 3. The van der Waals surface area contributed by atoms with Gasteiger partial charge in [0.1, 0.15) is 42.2 Å². The predicted octanol–water partition coefficient (Wildman–Crippen LogP) is 19.6. The summed E-state index contributed by atoms with van der Waals surface area (Å²) in [7, 11) is -1.71. The summed E-state index contributed by atoms with van der Waals surface area (Å²) >= 11 is 0. The summed E-state index contributed by atoms with van der Waals surface area (Å²) in [5.41, 5.74) is 12.1. The standard InChI is InChI=1S/C27H38N2OSi.C19H20N2O.2C16H20N2O.C15H19N3O.C14H17N3O/c1-19(2)31(20(3)4,21(5)6)17-15-22-10-9-12-24(18-22)29-27(30)26-25-13-8-7-11-23(25)14-16-28-26;1-2-6-14-7-5-9-16(13-14)20-19(22)18-12-11-15-8-3-4-10-17(15)21-18;1-3-6-13-8-4-9-14(11-13)18-16(19)15-12(2)7-5-10-17-15;1-3-6-13-8-5-9-14(11-13)18-16(19)15-10-4-7-12(2)17-15;1-3-5-12-6-4-7-13(8-12)18-15(19)14-10-16-11(2)9-17-14;1-2-4-11-5-3-6-12(9-11)17-14(18)13-10-15-7-8-16-13/h7-8,11,13-14,16,19-22,24H,9-10,12,18H2,1-6H3,(H,29,30);3-4,8,10-12,14,16H,5,7,9,13H2,1H3,(H,20,22);5,7,10,13-14H,4,8-9,11H2,1-2H3,(H,18,19);4,7,10,13-14H,5,8-9,11H2,1-2H3,(H,18,19);9-10,12-13H,4,6-8H2,1-2H3,(H,18,19);7-8,10-12H,3,5-6,9H2,1H3,(H,17,18). The third-order valence-electron chi connectivity index (χ3n) is 25.0. The van der Waals surface area contributed by atoms with Gasteiger partial charge in [0.2, 0.25) is 0 Å². The zero-order chi connectivity index (χ0) is 91.7. The molecule has 6 heterocycles. The van der Waals surface area contributed by atoms with Crippen LogP contribution in [-0.2, 0) is 0 Å². The minimum absolute atomic E-state index is 0.0618. The van der Waals surface area contributed by atoms with Gasteiger partial charge in [0, 0.05) is 119 Å². The molecule has 6 aliphatic rings. The van der Waals surface area contributed by atoms with E-state index in [0.29, 0.717) is 86.3 Å². The molecule has 0 spiro atoms. The summed E-state index contributed by atoms with van der Waals surface area (Å²) in [6, 6.07) is 32.0. The molecule has 6 saturated carbocycles.